The minimum atomic E-state index is 0.0952. The number of hydrogen-bond donors (Lipinski definition) is 0. The van der Waals surface area contributed by atoms with Crippen molar-refractivity contribution in [3.8, 4) is 0 Å². The van der Waals surface area contributed by atoms with E-state index in [2.05, 4.69) is 54.5 Å². The maximum absolute atomic E-state index is 13.4. The van der Waals surface area contributed by atoms with Crippen LogP contribution in [-0.4, -0.2) is 56.7 Å². The van der Waals surface area contributed by atoms with Crippen molar-refractivity contribution in [3.05, 3.63) is 45.9 Å². The maximum Gasteiger partial charge on any atom is 0.254 e. The molecule has 1 saturated heterocycles. The van der Waals surface area contributed by atoms with Crippen molar-refractivity contribution in [1.29, 1.82) is 0 Å². The quantitative estimate of drug-likeness (QED) is 0.633. The van der Waals surface area contributed by atoms with Gasteiger partial charge in [-0.3, -0.25) is 9.69 Å². The molecule has 1 amide bonds. The van der Waals surface area contributed by atoms with E-state index in [1.54, 1.807) is 17.5 Å². The van der Waals surface area contributed by atoms with Gasteiger partial charge in [-0.1, -0.05) is 13.8 Å². The summed E-state index contributed by atoms with van der Waals surface area (Å²) in [5.41, 5.74) is 3.84. The fourth-order valence-corrected chi connectivity index (χ4v) is 4.47. The van der Waals surface area contributed by atoms with E-state index in [4.69, 9.17) is 4.98 Å². The van der Waals surface area contributed by atoms with Crippen molar-refractivity contribution >= 4 is 28.3 Å². The van der Waals surface area contributed by atoms with Gasteiger partial charge in [0.1, 0.15) is 0 Å². The van der Waals surface area contributed by atoms with Crippen LogP contribution in [-0.2, 0) is 6.54 Å². The lowest BCUT2D eigenvalue weighted by Gasteiger charge is -2.34. The number of pyridine rings is 1. The summed E-state index contributed by atoms with van der Waals surface area (Å²) in [6.45, 7) is 12.7. The van der Waals surface area contributed by atoms with Crippen LogP contribution in [0.25, 0.3) is 11.0 Å². The number of fused-ring (bicyclic) bond motifs is 1. The van der Waals surface area contributed by atoms with Gasteiger partial charge in [-0.15, -0.1) is 0 Å². The van der Waals surface area contributed by atoms with Crippen molar-refractivity contribution in [2.45, 2.75) is 46.2 Å². The highest BCUT2D eigenvalue weighted by molar-refractivity contribution is 7.07. The number of carbonyl (C=O) groups excluding carboxylic acids is 1. The van der Waals surface area contributed by atoms with Crippen LogP contribution < -0.4 is 0 Å². The van der Waals surface area contributed by atoms with E-state index in [0.717, 1.165) is 55.0 Å². The van der Waals surface area contributed by atoms with Crippen LogP contribution in [0.3, 0.4) is 0 Å². The van der Waals surface area contributed by atoms with Gasteiger partial charge in [-0.2, -0.15) is 16.4 Å². The van der Waals surface area contributed by atoms with Crippen molar-refractivity contribution in [1.82, 2.24) is 24.6 Å². The van der Waals surface area contributed by atoms with E-state index >= 15 is 0 Å². The first kappa shape index (κ1) is 20.0. The summed E-state index contributed by atoms with van der Waals surface area (Å²) in [5.74, 6) is 0.349. The van der Waals surface area contributed by atoms with E-state index in [9.17, 15) is 4.79 Å². The normalized spacial score (nSPS) is 15.7. The van der Waals surface area contributed by atoms with Gasteiger partial charge in [0.2, 0.25) is 0 Å². The molecule has 7 heteroatoms. The molecule has 1 aliphatic rings. The Kier molecular flexibility index (Phi) is 5.69. The van der Waals surface area contributed by atoms with E-state index in [1.165, 1.54) is 5.56 Å². The van der Waals surface area contributed by atoms with E-state index in [0.29, 0.717) is 0 Å². The van der Waals surface area contributed by atoms with Crippen LogP contribution in [0.2, 0.25) is 0 Å². The molecule has 6 nitrogen and oxygen atoms in total. The molecule has 4 rings (SSSR count). The first-order valence-corrected chi connectivity index (χ1v) is 11.3. The number of nitrogens with zero attached hydrogens (tertiary/aromatic N) is 5. The number of amides is 1. The fraction of sp³-hybridized carbons (Fsp3) is 0.500. The molecule has 0 bridgehead atoms. The topological polar surface area (TPSA) is 54.3 Å². The van der Waals surface area contributed by atoms with Gasteiger partial charge in [-0.05, 0) is 48.2 Å². The molecule has 154 valence electrons. The average Bonchev–Trinajstić information content (AvgIpc) is 3.36. The Morgan fingerprint density at radius 3 is 2.55 bits per heavy atom. The second-order valence-electron chi connectivity index (χ2n) is 8.37. The Hall–Kier alpha value is -2.25. The molecule has 3 aromatic rings. The molecule has 4 heterocycles. The monoisotopic (exact) mass is 411 g/mol. The number of hydrogen-bond acceptors (Lipinski definition) is 5. The Bertz CT molecular complexity index is 984. The molecular weight excluding hydrogens is 382 g/mol. The number of rotatable bonds is 5. The highest BCUT2D eigenvalue weighted by atomic mass is 32.1. The second kappa shape index (κ2) is 8.24. The summed E-state index contributed by atoms with van der Waals surface area (Å²) in [5, 5.41) is 9.69. The molecule has 29 heavy (non-hydrogen) atoms. The molecule has 0 spiro atoms. The van der Waals surface area contributed by atoms with Crippen molar-refractivity contribution in [2.24, 2.45) is 0 Å². The maximum atomic E-state index is 13.4. The number of aromatic nitrogens is 3. The third-order valence-electron chi connectivity index (χ3n) is 5.54. The Morgan fingerprint density at radius 1 is 1.17 bits per heavy atom. The first-order valence-electron chi connectivity index (χ1n) is 10.3. The van der Waals surface area contributed by atoms with Gasteiger partial charge >= 0.3 is 0 Å². The van der Waals surface area contributed by atoms with Gasteiger partial charge < -0.3 is 4.90 Å². The molecular formula is C22H29N5OS. The highest BCUT2D eigenvalue weighted by Crippen LogP contribution is 2.26. The molecule has 1 aliphatic heterocycles. The molecule has 3 aromatic heterocycles. The van der Waals surface area contributed by atoms with Crippen LogP contribution in [0.1, 0.15) is 61.3 Å². The zero-order valence-electron chi connectivity index (χ0n) is 17.6. The molecule has 0 aliphatic carbocycles. The molecule has 0 saturated carbocycles. The van der Waals surface area contributed by atoms with Gasteiger partial charge in [-0.25, -0.2) is 9.67 Å². The van der Waals surface area contributed by atoms with Crippen LogP contribution in [0.4, 0.5) is 0 Å². The first-order chi connectivity index (χ1) is 13.9. The van der Waals surface area contributed by atoms with Crippen molar-refractivity contribution in [2.75, 3.05) is 26.2 Å². The fourth-order valence-electron chi connectivity index (χ4n) is 3.81. The molecule has 0 N–H and O–H groups in total. The van der Waals surface area contributed by atoms with Gasteiger partial charge in [0.05, 0.1) is 17.1 Å². The van der Waals surface area contributed by atoms with Crippen LogP contribution >= 0.6 is 11.3 Å². The molecule has 0 radical (unpaired) electrons. The predicted octanol–water partition coefficient (Wildman–Crippen LogP) is 4.16. The van der Waals surface area contributed by atoms with Crippen LogP contribution in [0.15, 0.2) is 29.1 Å². The second-order valence-corrected chi connectivity index (χ2v) is 9.15. The zero-order valence-corrected chi connectivity index (χ0v) is 18.4. The highest BCUT2D eigenvalue weighted by Gasteiger charge is 2.26. The lowest BCUT2D eigenvalue weighted by molar-refractivity contribution is 0.0630. The van der Waals surface area contributed by atoms with Crippen LogP contribution in [0.5, 0.6) is 0 Å². The van der Waals surface area contributed by atoms with E-state index < -0.39 is 0 Å². The van der Waals surface area contributed by atoms with Crippen LogP contribution in [0, 0.1) is 0 Å². The van der Waals surface area contributed by atoms with E-state index in [1.807, 2.05) is 15.6 Å². The zero-order chi connectivity index (χ0) is 20.5. The van der Waals surface area contributed by atoms with Gasteiger partial charge in [0, 0.05) is 44.5 Å². The Balaban J connectivity index is 1.57. The molecule has 1 fully saturated rings. The molecule has 0 unspecified atom stereocenters. The van der Waals surface area contributed by atoms with Gasteiger partial charge in [0.15, 0.2) is 5.65 Å². The summed E-state index contributed by atoms with van der Waals surface area (Å²) >= 11 is 1.73. The van der Waals surface area contributed by atoms with Crippen molar-refractivity contribution < 1.29 is 4.79 Å². The molecule has 0 aromatic carbocycles. The smallest absolute Gasteiger partial charge is 0.254 e. The lowest BCUT2D eigenvalue weighted by Crippen LogP contribution is -2.48. The SMILES string of the molecule is CC(C)c1cc(C(=O)N2CCN(Cc3ccsc3)CC2)c2cnn(C(C)C)c2n1. The Morgan fingerprint density at radius 2 is 1.93 bits per heavy atom. The summed E-state index contributed by atoms with van der Waals surface area (Å²) in [4.78, 5) is 22.7. The van der Waals surface area contributed by atoms with Gasteiger partial charge in [0.25, 0.3) is 5.91 Å². The third-order valence-corrected chi connectivity index (χ3v) is 6.28. The Labute approximate surface area is 176 Å². The largest absolute Gasteiger partial charge is 0.336 e. The summed E-state index contributed by atoms with van der Waals surface area (Å²) in [7, 11) is 0. The number of piperazine rings is 1. The predicted molar refractivity (Wildman–Crippen MR) is 118 cm³/mol. The summed E-state index contributed by atoms with van der Waals surface area (Å²) in [6.07, 6.45) is 1.80. The summed E-state index contributed by atoms with van der Waals surface area (Å²) in [6, 6.07) is 4.35. The minimum Gasteiger partial charge on any atom is -0.336 e. The standard InChI is InChI=1S/C22H29N5OS/c1-15(2)20-11-18(19-12-23-27(16(3)4)21(19)24-20)22(28)26-8-6-25(7-9-26)13-17-5-10-29-14-17/h5,10-12,14-16H,6-9,13H2,1-4H3. The third kappa shape index (κ3) is 4.07. The molecule has 0 atom stereocenters. The average molecular weight is 412 g/mol. The van der Waals surface area contributed by atoms with E-state index in [-0.39, 0.29) is 17.9 Å². The summed E-state index contributed by atoms with van der Waals surface area (Å²) < 4.78 is 1.91. The lowest BCUT2D eigenvalue weighted by atomic mass is 10.0. The minimum absolute atomic E-state index is 0.0952. The van der Waals surface area contributed by atoms with Crippen molar-refractivity contribution in [3.63, 3.8) is 0 Å². The number of carbonyl (C=O) groups is 1. The number of thiophene rings is 1.